The zero-order valence-electron chi connectivity index (χ0n) is 7.70. The van der Waals surface area contributed by atoms with E-state index in [1.165, 1.54) is 6.07 Å². The second-order valence-electron chi connectivity index (χ2n) is 3.03. The lowest BCUT2D eigenvalue weighted by molar-refractivity contribution is 0.102. The van der Waals surface area contributed by atoms with Gasteiger partial charge in [-0.25, -0.2) is 4.79 Å². The van der Waals surface area contributed by atoms with E-state index in [1.807, 2.05) is 0 Å². The van der Waals surface area contributed by atoms with Crippen LogP contribution in [0.25, 0.3) is 11.0 Å². The number of hydrogen-bond acceptors (Lipinski definition) is 3. The Hall–Kier alpha value is -1.61. The summed E-state index contributed by atoms with van der Waals surface area (Å²) < 4.78 is 4.95. The van der Waals surface area contributed by atoms with E-state index in [-0.39, 0.29) is 11.7 Å². The van der Waals surface area contributed by atoms with Crippen LogP contribution >= 0.6 is 11.6 Å². The van der Waals surface area contributed by atoms with Gasteiger partial charge in [-0.2, -0.15) is 0 Å². The first kappa shape index (κ1) is 9.93. The fourth-order valence-electron chi connectivity index (χ4n) is 1.41. The summed E-state index contributed by atoms with van der Waals surface area (Å²) in [5.41, 5.74) is 0.447. The number of carbonyl (C=O) groups is 1. The highest BCUT2D eigenvalue weighted by atomic mass is 35.5. The van der Waals surface area contributed by atoms with Crippen LogP contribution in [0.4, 0.5) is 0 Å². The van der Waals surface area contributed by atoms with Gasteiger partial charge in [-0.05, 0) is 12.1 Å². The topological polar surface area (TPSA) is 47.3 Å². The Morgan fingerprint density at radius 1 is 1.27 bits per heavy atom. The molecular weight excluding hydrogens is 216 g/mol. The van der Waals surface area contributed by atoms with Crippen molar-refractivity contribution in [3.05, 3.63) is 46.3 Å². The zero-order valence-corrected chi connectivity index (χ0v) is 8.45. The van der Waals surface area contributed by atoms with E-state index >= 15 is 0 Å². The van der Waals surface area contributed by atoms with Crippen LogP contribution in [-0.2, 0) is 0 Å². The van der Waals surface area contributed by atoms with Gasteiger partial charge in [0, 0.05) is 17.0 Å². The molecule has 2 rings (SSSR count). The Kier molecular flexibility index (Phi) is 2.56. The van der Waals surface area contributed by atoms with Crippen molar-refractivity contribution >= 4 is 28.4 Å². The molecule has 1 aromatic heterocycles. The lowest BCUT2D eigenvalue weighted by Crippen LogP contribution is -2.02. The zero-order chi connectivity index (χ0) is 10.8. The Labute approximate surface area is 90.3 Å². The predicted octanol–water partition coefficient (Wildman–Crippen LogP) is 2.21. The molecule has 1 heterocycles. The van der Waals surface area contributed by atoms with E-state index in [0.29, 0.717) is 16.5 Å². The molecule has 76 valence electrons. The first-order valence-corrected chi connectivity index (χ1v) is 4.88. The Morgan fingerprint density at radius 2 is 2.07 bits per heavy atom. The highest BCUT2D eigenvalue weighted by Gasteiger charge is 2.09. The number of fused-ring (bicyclic) bond motifs is 1. The van der Waals surface area contributed by atoms with Gasteiger partial charge in [-0.3, -0.25) is 4.79 Å². The van der Waals surface area contributed by atoms with Crippen LogP contribution in [0, 0.1) is 0 Å². The van der Waals surface area contributed by atoms with Gasteiger partial charge in [-0.15, -0.1) is 11.6 Å². The first-order valence-electron chi connectivity index (χ1n) is 4.34. The maximum Gasteiger partial charge on any atom is 0.336 e. The van der Waals surface area contributed by atoms with Gasteiger partial charge in [0.25, 0.3) is 0 Å². The maximum atomic E-state index is 11.5. The van der Waals surface area contributed by atoms with E-state index in [9.17, 15) is 9.59 Å². The minimum Gasteiger partial charge on any atom is -0.423 e. The van der Waals surface area contributed by atoms with Crippen LogP contribution in [0.3, 0.4) is 0 Å². The number of hydrogen-bond donors (Lipinski definition) is 0. The van der Waals surface area contributed by atoms with Gasteiger partial charge in [0.2, 0.25) is 0 Å². The van der Waals surface area contributed by atoms with Gasteiger partial charge in [0.1, 0.15) is 5.58 Å². The number of carbonyl (C=O) groups excluding carboxylic acids is 1. The summed E-state index contributed by atoms with van der Waals surface area (Å²) in [6, 6.07) is 7.81. The average Bonchev–Trinajstić information content (AvgIpc) is 2.26. The molecule has 4 heteroatoms. The molecule has 0 saturated carbocycles. The number of alkyl halides is 1. The van der Waals surface area contributed by atoms with Gasteiger partial charge in [0.15, 0.2) is 5.78 Å². The Morgan fingerprint density at radius 3 is 2.80 bits per heavy atom. The summed E-state index contributed by atoms with van der Waals surface area (Å²) in [5.74, 6) is -0.269. The van der Waals surface area contributed by atoms with Crippen molar-refractivity contribution in [3.8, 4) is 0 Å². The SMILES string of the molecule is O=C(CCl)c1cccc2oc(=O)ccc12. The van der Waals surface area contributed by atoms with Gasteiger partial charge >= 0.3 is 5.63 Å². The molecule has 0 unspecified atom stereocenters. The number of halogens is 1. The normalized spacial score (nSPS) is 10.5. The molecule has 15 heavy (non-hydrogen) atoms. The first-order chi connectivity index (χ1) is 7.22. The second-order valence-corrected chi connectivity index (χ2v) is 3.30. The van der Waals surface area contributed by atoms with E-state index in [1.54, 1.807) is 24.3 Å². The van der Waals surface area contributed by atoms with Crippen LogP contribution in [-0.4, -0.2) is 11.7 Å². The highest BCUT2D eigenvalue weighted by molar-refractivity contribution is 6.31. The monoisotopic (exact) mass is 222 g/mol. The van der Waals surface area contributed by atoms with Crippen molar-refractivity contribution in [2.75, 3.05) is 5.88 Å². The molecule has 0 fully saturated rings. The molecule has 0 aliphatic heterocycles. The Balaban J connectivity index is 2.76. The summed E-state index contributed by atoms with van der Waals surface area (Å²) >= 11 is 5.48. The van der Waals surface area contributed by atoms with Crippen molar-refractivity contribution in [3.63, 3.8) is 0 Å². The molecule has 0 N–H and O–H groups in total. The van der Waals surface area contributed by atoms with E-state index in [2.05, 4.69) is 0 Å². The number of benzene rings is 1. The third-order valence-electron chi connectivity index (χ3n) is 2.08. The minimum absolute atomic E-state index is 0.0851. The summed E-state index contributed by atoms with van der Waals surface area (Å²) in [6.45, 7) is 0. The van der Waals surface area contributed by atoms with Gasteiger partial charge < -0.3 is 4.42 Å². The fourth-order valence-corrected chi connectivity index (χ4v) is 1.56. The van der Waals surface area contributed by atoms with Crippen LogP contribution < -0.4 is 5.63 Å². The third-order valence-corrected chi connectivity index (χ3v) is 2.33. The fraction of sp³-hybridized carbons (Fsp3) is 0.0909. The van der Waals surface area contributed by atoms with Crippen molar-refractivity contribution in [1.82, 2.24) is 0 Å². The van der Waals surface area contributed by atoms with Crippen LogP contribution in [0.5, 0.6) is 0 Å². The standard InChI is InChI=1S/C11H7ClO3/c12-6-9(13)7-2-1-3-10-8(7)4-5-11(14)15-10/h1-5H,6H2. The lowest BCUT2D eigenvalue weighted by Gasteiger charge is -2.01. The second kappa shape index (κ2) is 3.87. The predicted molar refractivity (Wildman–Crippen MR) is 57.5 cm³/mol. The molecule has 0 aliphatic carbocycles. The molecule has 0 spiro atoms. The molecule has 0 aliphatic rings. The summed E-state index contributed by atoms with van der Waals surface area (Å²) in [7, 11) is 0. The number of ketones is 1. The molecule has 3 nitrogen and oxygen atoms in total. The third kappa shape index (κ3) is 1.78. The smallest absolute Gasteiger partial charge is 0.336 e. The highest BCUT2D eigenvalue weighted by Crippen LogP contribution is 2.17. The van der Waals surface area contributed by atoms with Crippen LogP contribution in [0.2, 0.25) is 0 Å². The van der Waals surface area contributed by atoms with Crippen molar-refractivity contribution < 1.29 is 9.21 Å². The number of Topliss-reactive ketones (excluding diaryl/α,β-unsaturated/α-hetero) is 1. The molecule has 2 aromatic rings. The lowest BCUT2D eigenvalue weighted by atomic mass is 10.1. The van der Waals surface area contributed by atoms with Crippen LogP contribution in [0.15, 0.2) is 39.5 Å². The minimum atomic E-state index is -0.432. The van der Waals surface area contributed by atoms with E-state index in [0.717, 1.165) is 0 Å². The molecule has 1 aromatic carbocycles. The van der Waals surface area contributed by atoms with E-state index < -0.39 is 5.63 Å². The average molecular weight is 223 g/mol. The van der Waals surface area contributed by atoms with E-state index in [4.69, 9.17) is 16.0 Å². The molecular formula is C11H7ClO3. The maximum absolute atomic E-state index is 11.5. The molecule has 0 saturated heterocycles. The largest absolute Gasteiger partial charge is 0.423 e. The molecule has 0 atom stereocenters. The Bertz CT molecular complexity index is 571. The van der Waals surface area contributed by atoms with Crippen molar-refractivity contribution in [1.29, 1.82) is 0 Å². The molecule has 0 amide bonds. The quantitative estimate of drug-likeness (QED) is 0.445. The van der Waals surface area contributed by atoms with Gasteiger partial charge in [-0.1, -0.05) is 12.1 Å². The number of rotatable bonds is 2. The van der Waals surface area contributed by atoms with Crippen molar-refractivity contribution in [2.24, 2.45) is 0 Å². The van der Waals surface area contributed by atoms with Gasteiger partial charge in [0.05, 0.1) is 5.88 Å². The summed E-state index contributed by atoms with van der Waals surface area (Å²) in [5, 5.41) is 0.614. The summed E-state index contributed by atoms with van der Waals surface area (Å²) in [4.78, 5) is 22.4. The van der Waals surface area contributed by atoms with Crippen LogP contribution in [0.1, 0.15) is 10.4 Å². The summed E-state index contributed by atoms with van der Waals surface area (Å²) in [6.07, 6.45) is 0. The molecule has 0 bridgehead atoms. The molecule has 0 radical (unpaired) electrons. The van der Waals surface area contributed by atoms with Crippen molar-refractivity contribution in [2.45, 2.75) is 0 Å².